The van der Waals surface area contributed by atoms with Crippen LogP contribution in [0.2, 0.25) is 0 Å². The van der Waals surface area contributed by atoms with Gasteiger partial charge in [0.15, 0.2) is 6.61 Å². The van der Waals surface area contributed by atoms with E-state index in [1.54, 1.807) is 19.2 Å². The number of fused-ring (bicyclic) bond motifs is 1. The fourth-order valence-electron chi connectivity index (χ4n) is 2.56. The largest absolute Gasteiger partial charge is 0.385 e. The van der Waals surface area contributed by atoms with Gasteiger partial charge in [-0.3, -0.25) is 20.6 Å². The number of nitrogens with one attached hydrogen (secondary N) is 2. The maximum Gasteiger partial charge on any atom is 0.258 e. The molecule has 28 heavy (non-hydrogen) atoms. The number of pyridine rings is 1. The first kappa shape index (κ1) is 18.9. The second kappa shape index (κ2) is 8.21. The molecular formula is C19H19N7O2. The van der Waals surface area contributed by atoms with Crippen LogP contribution in [0.5, 0.6) is 0 Å². The van der Waals surface area contributed by atoms with E-state index < -0.39 is 5.91 Å². The molecule has 0 aliphatic rings. The summed E-state index contributed by atoms with van der Waals surface area (Å²) in [6, 6.07) is 12.7. The minimum absolute atomic E-state index is 0.0714. The predicted molar refractivity (Wildman–Crippen MR) is 104 cm³/mol. The van der Waals surface area contributed by atoms with Gasteiger partial charge >= 0.3 is 0 Å². The number of hydrogen-bond donors (Lipinski definition) is 3. The molecule has 0 atom stereocenters. The molecule has 0 bridgehead atoms. The van der Waals surface area contributed by atoms with E-state index in [4.69, 9.17) is 21.4 Å². The Kier molecular flexibility index (Phi) is 5.54. The summed E-state index contributed by atoms with van der Waals surface area (Å²) in [5.74, 6) is -0.491. The minimum Gasteiger partial charge on any atom is -0.385 e. The van der Waals surface area contributed by atoms with Gasteiger partial charge in [0.05, 0.1) is 5.52 Å². The zero-order valence-electron chi connectivity index (χ0n) is 15.2. The quantitative estimate of drug-likeness (QED) is 0.337. The summed E-state index contributed by atoms with van der Waals surface area (Å²) in [5, 5.41) is 25.5. The van der Waals surface area contributed by atoms with Crippen LogP contribution in [0.3, 0.4) is 0 Å². The first-order valence-electron chi connectivity index (χ1n) is 8.46. The molecule has 0 aliphatic carbocycles. The Morgan fingerprint density at radius 3 is 2.89 bits per heavy atom. The van der Waals surface area contributed by atoms with Gasteiger partial charge in [0.25, 0.3) is 5.91 Å². The molecule has 142 valence electrons. The fraction of sp³-hybridized carbons (Fsp3) is 0.158. The molecule has 2 aromatic heterocycles. The highest BCUT2D eigenvalue weighted by atomic mass is 16.6. The average molecular weight is 377 g/mol. The smallest absolute Gasteiger partial charge is 0.258 e. The van der Waals surface area contributed by atoms with Crippen LogP contribution in [0.25, 0.3) is 10.9 Å². The van der Waals surface area contributed by atoms with Gasteiger partial charge in [-0.1, -0.05) is 17.3 Å². The summed E-state index contributed by atoms with van der Waals surface area (Å²) in [7, 11) is 0. The topological polar surface area (TPSA) is 143 Å². The molecule has 1 amide bonds. The molecule has 9 heteroatoms. The van der Waals surface area contributed by atoms with E-state index in [1.165, 1.54) is 10.7 Å². The Hall–Kier alpha value is -3.88. The molecule has 3 rings (SSSR count). The number of hydrogen-bond acceptors (Lipinski definition) is 7. The number of aromatic nitrogens is 3. The summed E-state index contributed by atoms with van der Waals surface area (Å²) in [5.41, 5.74) is 7.70. The Bertz CT molecular complexity index is 1130. The minimum atomic E-state index is -0.631. The van der Waals surface area contributed by atoms with Crippen molar-refractivity contribution in [3.63, 3.8) is 0 Å². The number of carbonyl (C=O) groups is 1. The van der Waals surface area contributed by atoms with E-state index in [0.717, 1.165) is 16.5 Å². The van der Waals surface area contributed by atoms with E-state index in [1.807, 2.05) is 30.3 Å². The van der Waals surface area contributed by atoms with E-state index in [0.29, 0.717) is 17.8 Å². The molecule has 9 nitrogen and oxygen atoms in total. The molecule has 3 aromatic rings. The number of benzene rings is 1. The molecule has 0 spiro atoms. The van der Waals surface area contributed by atoms with Crippen LogP contribution in [-0.4, -0.2) is 38.8 Å². The van der Waals surface area contributed by atoms with E-state index in [2.05, 4.69) is 15.2 Å². The van der Waals surface area contributed by atoms with Gasteiger partial charge in [-0.15, -0.1) is 0 Å². The van der Waals surface area contributed by atoms with E-state index >= 15 is 0 Å². The number of rotatable bonds is 6. The molecule has 0 aliphatic heterocycles. The first-order chi connectivity index (χ1) is 13.4. The highest BCUT2D eigenvalue weighted by Crippen LogP contribution is 2.14. The third-order valence-electron chi connectivity index (χ3n) is 3.91. The predicted octanol–water partition coefficient (Wildman–Crippen LogP) is 1.20. The number of oxime groups is 1. The Labute approximate surface area is 160 Å². The van der Waals surface area contributed by atoms with Gasteiger partial charge in [-0.2, -0.15) is 5.10 Å². The fourth-order valence-corrected chi connectivity index (χ4v) is 2.56. The van der Waals surface area contributed by atoms with Crippen LogP contribution in [0, 0.1) is 10.8 Å². The van der Waals surface area contributed by atoms with Crippen molar-refractivity contribution in [2.45, 2.75) is 13.3 Å². The van der Waals surface area contributed by atoms with Crippen molar-refractivity contribution in [2.75, 3.05) is 6.61 Å². The highest BCUT2D eigenvalue weighted by Gasteiger charge is 2.09. The van der Waals surface area contributed by atoms with Gasteiger partial charge in [0.1, 0.15) is 22.7 Å². The van der Waals surface area contributed by atoms with Crippen molar-refractivity contribution in [1.82, 2.24) is 14.8 Å². The zero-order valence-corrected chi connectivity index (χ0v) is 15.2. The molecule has 2 heterocycles. The van der Waals surface area contributed by atoms with Crippen LogP contribution < -0.4 is 11.2 Å². The molecule has 0 saturated heterocycles. The lowest BCUT2D eigenvalue weighted by Gasteiger charge is -2.10. The van der Waals surface area contributed by atoms with E-state index in [9.17, 15) is 4.79 Å². The number of nitrogens with two attached hydrogens (primary N) is 1. The van der Waals surface area contributed by atoms with Gasteiger partial charge in [0, 0.05) is 18.0 Å². The van der Waals surface area contributed by atoms with Gasteiger partial charge in [0.2, 0.25) is 0 Å². The number of amides is 1. The van der Waals surface area contributed by atoms with Crippen LogP contribution in [-0.2, 0) is 16.1 Å². The summed E-state index contributed by atoms with van der Waals surface area (Å²) < 4.78 is 1.23. The monoisotopic (exact) mass is 377 g/mol. The first-order valence-corrected chi connectivity index (χ1v) is 8.46. The Balaban J connectivity index is 1.82. The normalized spacial score (nSPS) is 11.4. The number of nitrogens with zero attached hydrogens (tertiary/aromatic N) is 4. The molecule has 1 aromatic carbocycles. The maximum absolute atomic E-state index is 10.7. The Morgan fingerprint density at radius 1 is 1.29 bits per heavy atom. The molecule has 0 radical (unpaired) electrons. The molecule has 0 saturated carbocycles. The Morgan fingerprint density at radius 2 is 2.11 bits per heavy atom. The highest BCUT2D eigenvalue weighted by molar-refractivity contribution is 5.96. The molecule has 0 fully saturated rings. The second-order valence-corrected chi connectivity index (χ2v) is 6.09. The number of primary amides is 1. The van der Waals surface area contributed by atoms with Gasteiger partial charge in [-0.25, -0.2) is 4.68 Å². The van der Waals surface area contributed by atoms with Crippen LogP contribution in [0.1, 0.15) is 18.2 Å². The van der Waals surface area contributed by atoms with Crippen molar-refractivity contribution < 1.29 is 9.63 Å². The third-order valence-corrected chi connectivity index (χ3v) is 3.91. The van der Waals surface area contributed by atoms with Crippen molar-refractivity contribution in [2.24, 2.45) is 10.9 Å². The van der Waals surface area contributed by atoms with Crippen LogP contribution in [0.4, 0.5) is 0 Å². The maximum atomic E-state index is 10.7. The standard InChI is InChI=1S/C19H19N7O2/c1-12(25-28-11-19(22)27)15-6-7-17(20)26(24-15)18(21)10-13-4-5-16-14(9-13)3-2-8-23-16/h2-9,20-21H,10-11H2,1H3,(H2,22,27)/b20-17?,21-18?,25-12+. The SMILES string of the molecule is C/C(=N\OCC(N)=O)c1ccc(=N)n(C(=N)Cc2ccc3ncccc3c2)n1. The van der Waals surface area contributed by atoms with Crippen LogP contribution >= 0.6 is 0 Å². The van der Waals surface area contributed by atoms with Crippen molar-refractivity contribution in [1.29, 1.82) is 10.8 Å². The summed E-state index contributed by atoms with van der Waals surface area (Å²) >= 11 is 0. The lowest BCUT2D eigenvalue weighted by atomic mass is 10.1. The average Bonchev–Trinajstić information content (AvgIpc) is 2.67. The van der Waals surface area contributed by atoms with E-state index in [-0.39, 0.29) is 17.9 Å². The summed E-state index contributed by atoms with van der Waals surface area (Å²) in [4.78, 5) is 19.8. The molecule has 4 N–H and O–H groups in total. The van der Waals surface area contributed by atoms with Gasteiger partial charge in [-0.05, 0) is 42.8 Å². The molecular weight excluding hydrogens is 358 g/mol. The molecule has 0 unspecified atom stereocenters. The van der Waals surface area contributed by atoms with Crippen molar-refractivity contribution in [3.05, 3.63) is 65.4 Å². The lowest BCUT2D eigenvalue weighted by molar-refractivity contribution is -0.122. The second-order valence-electron chi connectivity index (χ2n) is 6.09. The zero-order chi connectivity index (χ0) is 20.1. The summed E-state index contributed by atoms with van der Waals surface area (Å²) in [6.45, 7) is 1.32. The van der Waals surface area contributed by atoms with Crippen LogP contribution in [0.15, 0.2) is 53.8 Å². The van der Waals surface area contributed by atoms with Gasteiger partial charge < -0.3 is 10.6 Å². The third kappa shape index (κ3) is 4.44. The summed E-state index contributed by atoms with van der Waals surface area (Å²) in [6.07, 6.45) is 2.03. The van der Waals surface area contributed by atoms with Crippen molar-refractivity contribution >= 4 is 28.4 Å². The number of carbonyl (C=O) groups excluding carboxylic acids is 1. The van der Waals surface area contributed by atoms with Crippen molar-refractivity contribution in [3.8, 4) is 0 Å². The lowest BCUT2D eigenvalue weighted by Crippen LogP contribution is -2.31.